The summed E-state index contributed by atoms with van der Waals surface area (Å²) in [7, 11) is 3.46. The van der Waals surface area contributed by atoms with E-state index in [0.717, 1.165) is 16.9 Å². The van der Waals surface area contributed by atoms with Crippen LogP contribution in [0.5, 0.6) is 0 Å². The Morgan fingerprint density at radius 2 is 2.10 bits per heavy atom. The molecule has 20 heavy (non-hydrogen) atoms. The first-order valence-electron chi connectivity index (χ1n) is 6.27. The van der Waals surface area contributed by atoms with E-state index in [0.29, 0.717) is 17.7 Å². The molecule has 1 aromatic heterocycles. The maximum absolute atomic E-state index is 11.8. The van der Waals surface area contributed by atoms with E-state index < -0.39 is 0 Å². The number of fused-ring (bicyclic) bond motifs is 1. The number of amides is 1. The minimum Gasteiger partial charge on any atom is -0.423 e. The van der Waals surface area contributed by atoms with Crippen molar-refractivity contribution in [1.82, 2.24) is 0 Å². The Balaban J connectivity index is 1.97. The van der Waals surface area contributed by atoms with Crippen LogP contribution in [0.4, 0.5) is 5.69 Å². The van der Waals surface area contributed by atoms with Gasteiger partial charge in [-0.05, 0) is 24.3 Å². The minimum absolute atomic E-state index is 0.00839. The largest absolute Gasteiger partial charge is 0.423 e. The van der Waals surface area contributed by atoms with Gasteiger partial charge in [-0.15, -0.1) is 0 Å². The number of rotatable bonds is 6. The van der Waals surface area contributed by atoms with Gasteiger partial charge in [0.25, 0.3) is 0 Å². The second-order valence-electron chi connectivity index (χ2n) is 4.03. The van der Waals surface area contributed by atoms with Crippen molar-refractivity contribution in [2.45, 2.75) is 13.3 Å². The van der Waals surface area contributed by atoms with Crippen LogP contribution in [0.25, 0.3) is 11.0 Å². The van der Waals surface area contributed by atoms with Crippen molar-refractivity contribution in [2.24, 2.45) is 0 Å². The number of hydrogen-bond acceptors (Lipinski definition) is 5. The van der Waals surface area contributed by atoms with Crippen LogP contribution in [0.2, 0.25) is 0 Å². The van der Waals surface area contributed by atoms with Gasteiger partial charge in [0.15, 0.2) is 0 Å². The molecule has 1 heterocycles. The van der Waals surface area contributed by atoms with Gasteiger partial charge >= 0.3 is 5.63 Å². The minimum atomic E-state index is -0.375. The molecule has 1 amide bonds. The fourth-order valence-corrected chi connectivity index (χ4v) is 3.31. The molecular formula is C14H15NO3S2. The Hall–Kier alpha value is -1.40. The SMILES string of the molecule is CCSSCCC(=O)Nc1ccc2oc(=O)ccc2c1. The number of benzene rings is 1. The summed E-state index contributed by atoms with van der Waals surface area (Å²) in [6.45, 7) is 2.09. The first kappa shape index (κ1) is 15.0. The van der Waals surface area contributed by atoms with Crippen molar-refractivity contribution in [2.75, 3.05) is 16.8 Å². The van der Waals surface area contributed by atoms with Gasteiger partial charge in [0, 0.05) is 35.1 Å². The molecule has 0 saturated carbocycles. The lowest BCUT2D eigenvalue weighted by molar-refractivity contribution is -0.115. The van der Waals surface area contributed by atoms with Gasteiger partial charge in [0.2, 0.25) is 5.91 Å². The zero-order valence-corrected chi connectivity index (χ0v) is 12.7. The normalized spacial score (nSPS) is 10.7. The molecule has 0 radical (unpaired) electrons. The number of hydrogen-bond donors (Lipinski definition) is 1. The van der Waals surface area contributed by atoms with Crippen LogP contribution >= 0.6 is 21.6 Å². The predicted molar refractivity (Wildman–Crippen MR) is 86.3 cm³/mol. The van der Waals surface area contributed by atoms with Gasteiger partial charge in [-0.3, -0.25) is 4.79 Å². The molecule has 0 atom stereocenters. The van der Waals surface area contributed by atoms with Gasteiger partial charge in [-0.2, -0.15) is 0 Å². The van der Waals surface area contributed by atoms with Crippen LogP contribution in [-0.2, 0) is 4.79 Å². The lowest BCUT2D eigenvalue weighted by atomic mass is 10.2. The Morgan fingerprint density at radius 3 is 2.90 bits per heavy atom. The third kappa shape index (κ3) is 4.31. The Morgan fingerprint density at radius 1 is 1.25 bits per heavy atom. The Labute approximate surface area is 124 Å². The molecule has 1 N–H and O–H groups in total. The first-order chi connectivity index (χ1) is 9.69. The lowest BCUT2D eigenvalue weighted by Gasteiger charge is -2.05. The molecule has 0 bridgehead atoms. The number of carbonyl (C=O) groups is 1. The average Bonchev–Trinajstić information content (AvgIpc) is 2.44. The number of anilines is 1. The van der Waals surface area contributed by atoms with Crippen LogP contribution < -0.4 is 10.9 Å². The average molecular weight is 309 g/mol. The lowest BCUT2D eigenvalue weighted by Crippen LogP contribution is -2.11. The molecule has 0 spiro atoms. The first-order valence-corrected chi connectivity index (χ1v) is 8.76. The third-order valence-corrected chi connectivity index (χ3v) is 5.00. The van der Waals surface area contributed by atoms with E-state index in [2.05, 4.69) is 12.2 Å². The quantitative estimate of drug-likeness (QED) is 0.502. The second-order valence-corrected chi connectivity index (χ2v) is 6.90. The summed E-state index contributed by atoms with van der Waals surface area (Å²) < 4.78 is 5.04. The van der Waals surface area contributed by atoms with Crippen LogP contribution in [0.3, 0.4) is 0 Å². The molecule has 1 aromatic carbocycles. The van der Waals surface area contributed by atoms with Crippen LogP contribution in [0.15, 0.2) is 39.5 Å². The van der Waals surface area contributed by atoms with E-state index in [1.54, 1.807) is 45.9 Å². The van der Waals surface area contributed by atoms with Crippen molar-refractivity contribution in [3.05, 3.63) is 40.8 Å². The molecule has 2 aromatic rings. The molecule has 0 saturated heterocycles. The topological polar surface area (TPSA) is 59.3 Å². The van der Waals surface area contributed by atoms with Gasteiger partial charge in [0.1, 0.15) is 5.58 Å². The van der Waals surface area contributed by atoms with E-state index in [1.165, 1.54) is 6.07 Å². The second kappa shape index (κ2) is 7.40. The van der Waals surface area contributed by atoms with E-state index in [4.69, 9.17) is 4.42 Å². The van der Waals surface area contributed by atoms with Crippen molar-refractivity contribution in [1.29, 1.82) is 0 Å². The maximum Gasteiger partial charge on any atom is 0.336 e. The standard InChI is InChI=1S/C14H15NO3S2/c1-2-19-20-8-7-13(16)15-11-4-5-12-10(9-11)3-6-14(17)18-12/h3-6,9H,2,7-8H2,1H3,(H,15,16). The summed E-state index contributed by atoms with van der Waals surface area (Å²) in [5.74, 6) is 1.83. The van der Waals surface area contributed by atoms with Crippen molar-refractivity contribution >= 4 is 44.2 Å². The molecule has 6 heteroatoms. The summed E-state index contributed by atoms with van der Waals surface area (Å²) in [6, 6.07) is 8.27. The molecule has 0 aliphatic carbocycles. The van der Waals surface area contributed by atoms with Gasteiger partial charge in [-0.25, -0.2) is 4.79 Å². The highest BCUT2D eigenvalue weighted by atomic mass is 33.1. The molecule has 0 fully saturated rings. The number of carbonyl (C=O) groups excluding carboxylic acids is 1. The molecule has 0 aliphatic heterocycles. The summed E-state index contributed by atoms with van der Waals surface area (Å²) in [4.78, 5) is 22.8. The van der Waals surface area contributed by atoms with Crippen LogP contribution in [-0.4, -0.2) is 17.4 Å². The highest BCUT2D eigenvalue weighted by molar-refractivity contribution is 8.76. The zero-order valence-electron chi connectivity index (χ0n) is 11.0. The van der Waals surface area contributed by atoms with Crippen LogP contribution in [0, 0.1) is 0 Å². The summed E-state index contributed by atoms with van der Waals surface area (Å²) in [6.07, 6.45) is 0.486. The van der Waals surface area contributed by atoms with E-state index in [1.807, 2.05) is 0 Å². The van der Waals surface area contributed by atoms with E-state index in [-0.39, 0.29) is 11.5 Å². The monoisotopic (exact) mass is 309 g/mol. The molecule has 2 rings (SSSR count). The van der Waals surface area contributed by atoms with Gasteiger partial charge in [0.05, 0.1) is 0 Å². The predicted octanol–water partition coefficient (Wildman–Crippen LogP) is 3.52. The van der Waals surface area contributed by atoms with Crippen molar-refractivity contribution in [3.63, 3.8) is 0 Å². The molecular weight excluding hydrogens is 294 g/mol. The summed E-state index contributed by atoms with van der Waals surface area (Å²) >= 11 is 0. The van der Waals surface area contributed by atoms with Gasteiger partial charge < -0.3 is 9.73 Å². The fourth-order valence-electron chi connectivity index (χ4n) is 1.65. The molecule has 106 valence electrons. The Kier molecular flexibility index (Phi) is 5.55. The zero-order chi connectivity index (χ0) is 14.4. The highest BCUT2D eigenvalue weighted by Gasteiger charge is 2.04. The summed E-state index contributed by atoms with van der Waals surface area (Å²) in [5, 5.41) is 3.63. The van der Waals surface area contributed by atoms with Crippen molar-refractivity contribution < 1.29 is 9.21 Å². The van der Waals surface area contributed by atoms with Crippen LogP contribution in [0.1, 0.15) is 13.3 Å². The third-order valence-electron chi connectivity index (χ3n) is 2.52. The number of nitrogens with one attached hydrogen (secondary N) is 1. The Bertz CT molecular complexity index is 654. The smallest absolute Gasteiger partial charge is 0.336 e. The molecule has 4 nitrogen and oxygen atoms in total. The van der Waals surface area contributed by atoms with E-state index in [9.17, 15) is 9.59 Å². The fraction of sp³-hybridized carbons (Fsp3) is 0.286. The van der Waals surface area contributed by atoms with E-state index >= 15 is 0 Å². The highest BCUT2D eigenvalue weighted by Crippen LogP contribution is 2.22. The molecule has 0 unspecified atom stereocenters. The van der Waals surface area contributed by atoms with Gasteiger partial charge in [-0.1, -0.05) is 28.5 Å². The molecule has 0 aliphatic rings. The summed E-state index contributed by atoms with van der Waals surface area (Å²) in [5.41, 5.74) is 0.856. The van der Waals surface area contributed by atoms with Crippen molar-refractivity contribution in [3.8, 4) is 0 Å². The maximum atomic E-state index is 11.8.